The van der Waals surface area contributed by atoms with Crippen LogP contribution in [-0.4, -0.2) is 31.1 Å². The monoisotopic (exact) mass is 451 g/mol. The van der Waals surface area contributed by atoms with E-state index in [0.29, 0.717) is 0 Å². The standard InChI is InChI=1S/C31H33NO2/c1-21-13-14-24(17-22(21)2)30-16-15-27(25-11-7-8-12-26(25)30)31(29(33)34-3)20-32(19-28(30)31)18-23-9-5-4-6-10-23/h4-14,17,27-28H,15-16,18-20H2,1-3H3. The molecule has 0 radical (unpaired) electrons. The highest BCUT2D eigenvalue weighted by atomic mass is 16.5. The Bertz CT molecular complexity index is 1250. The predicted molar refractivity (Wildman–Crippen MR) is 135 cm³/mol. The first kappa shape index (κ1) is 21.6. The lowest BCUT2D eigenvalue weighted by atomic mass is 9.42. The van der Waals surface area contributed by atoms with Gasteiger partial charge in [0.2, 0.25) is 0 Å². The van der Waals surface area contributed by atoms with Gasteiger partial charge in [0.25, 0.3) is 0 Å². The number of esters is 1. The van der Waals surface area contributed by atoms with Gasteiger partial charge in [-0.15, -0.1) is 0 Å². The summed E-state index contributed by atoms with van der Waals surface area (Å²) < 4.78 is 5.62. The summed E-state index contributed by atoms with van der Waals surface area (Å²) in [6.45, 7) is 6.91. The van der Waals surface area contributed by atoms with Gasteiger partial charge in [-0.3, -0.25) is 9.69 Å². The minimum atomic E-state index is -0.519. The van der Waals surface area contributed by atoms with Gasteiger partial charge < -0.3 is 4.74 Å². The number of nitrogens with zero attached hydrogens (tertiary/aromatic N) is 1. The molecule has 1 aliphatic heterocycles. The van der Waals surface area contributed by atoms with Gasteiger partial charge in [0.15, 0.2) is 0 Å². The van der Waals surface area contributed by atoms with E-state index in [0.717, 1.165) is 32.5 Å². The minimum Gasteiger partial charge on any atom is -0.469 e. The van der Waals surface area contributed by atoms with E-state index in [1.54, 1.807) is 7.11 Å². The van der Waals surface area contributed by atoms with E-state index >= 15 is 0 Å². The molecule has 1 saturated heterocycles. The average Bonchev–Trinajstić information content (AvgIpc) is 3.27. The SMILES string of the molecule is COC(=O)C12CN(Cc3ccccc3)CC1C1(c3ccc(C)c(C)c3)CCC2c2ccccc21. The second kappa shape index (κ2) is 7.81. The molecule has 3 heteroatoms. The van der Waals surface area contributed by atoms with Gasteiger partial charge in [0.1, 0.15) is 0 Å². The first-order chi connectivity index (χ1) is 16.5. The van der Waals surface area contributed by atoms with Crippen LogP contribution in [0.5, 0.6) is 0 Å². The van der Waals surface area contributed by atoms with E-state index in [4.69, 9.17) is 4.74 Å². The van der Waals surface area contributed by atoms with Crippen LogP contribution >= 0.6 is 0 Å². The molecule has 4 atom stereocenters. The van der Waals surface area contributed by atoms with E-state index in [1.165, 1.54) is 33.4 Å². The number of ether oxygens (including phenoxy) is 1. The van der Waals surface area contributed by atoms with Crippen molar-refractivity contribution in [2.45, 2.75) is 44.6 Å². The van der Waals surface area contributed by atoms with Crippen molar-refractivity contribution in [3.63, 3.8) is 0 Å². The molecule has 0 spiro atoms. The summed E-state index contributed by atoms with van der Waals surface area (Å²) in [5.41, 5.74) is 7.38. The molecule has 3 aliphatic carbocycles. The second-order valence-corrected chi connectivity index (χ2v) is 10.7. The van der Waals surface area contributed by atoms with Crippen LogP contribution in [0.1, 0.15) is 52.1 Å². The minimum absolute atomic E-state index is 0.0273. The van der Waals surface area contributed by atoms with Gasteiger partial charge in [-0.2, -0.15) is 0 Å². The summed E-state index contributed by atoms with van der Waals surface area (Å²) in [6, 6.07) is 26.6. The van der Waals surface area contributed by atoms with Crippen molar-refractivity contribution in [2.24, 2.45) is 11.3 Å². The molecular formula is C31H33NO2. The molecule has 2 bridgehead atoms. The summed E-state index contributed by atoms with van der Waals surface area (Å²) >= 11 is 0. The van der Waals surface area contributed by atoms with Crippen LogP contribution in [-0.2, 0) is 21.5 Å². The second-order valence-electron chi connectivity index (χ2n) is 10.7. The third-order valence-corrected chi connectivity index (χ3v) is 9.25. The van der Waals surface area contributed by atoms with Crippen molar-refractivity contribution in [3.05, 3.63) is 106 Å². The van der Waals surface area contributed by atoms with Crippen molar-refractivity contribution in [1.29, 1.82) is 0 Å². The molecular weight excluding hydrogens is 418 g/mol. The fourth-order valence-electron chi connectivity index (χ4n) is 7.70. The molecule has 0 aromatic heterocycles. The molecule has 0 N–H and O–H groups in total. The molecule has 7 rings (SSSR count). The van der Waals surface area contributed by atoms with Gasteiger partial charge in [0.05, 0.1) is 12.5 Å². The Balaban J connectivity index is 1.56. The zero-order valence-electron chi connectivity index (χ0n) is 20.4. The molecule has 1 saturated carbocycles. The molecule has 174 valence electrons. The lowest BCUT2D eigenvalue weighted by molar-refractivity contribution is -0.161. The van der Waals surface area contributed by atoms with E-state index in [-0.39, 0.29) is 23.2 Å². The molecule has 3 nitrogen and oxygen atoms in total. The molecule has 4 aliphatic rings. The fourth-order valence-corrected chi connectivity index (χ4v) is 7.70. The molecule has 1 heterocycles. The predicted octanol–water partition coefficient (Wildman–Crippen LogP) is 5.77. The first-order valence-corrected chi connectivity index (χ1v) is 12.5. The number of aryl methyl sites for hydroxylation is 2. The number of carbonyl (C=O) groups excluding carboxylic acids is 1. The van der Waals surface area contributed by atoms with Gasteiger partial charge in [0, 0.05) is 36.9 Å². The summed E-state index contributed by atoms with van der Waals surface area (Å²) in [6.07, 6.45) is 2.11. The van der Waals surface area contributed by atoms with E-state index < -0.39 is 5.41 Å². The lowest BCUT2D eigenvalue weighted by Gasteiger charge is -2.59. The summed E-state index contributed by atoms with van der Waals surface area (Å²) in [5, 5.41) is 0. The maximum Gasteiger partial charge on any atom is 0.314 e. The van der Waals surface area contributed by atoms with E-state index in [9.17, 15) is 4.79 Å². The Morgan fingerprint density at radius 1 is 1.00 bits per heavy atom. The lowest BCUT2D eigenvalue weighted by Crippen LogP contribution is -2.60. The Hall–Kier alpha value is -2.91. The molecule has 4 unspecified atom stereocenters. The third-order valence-electron chi connectivity index (χ3n) is 9.25. The van der Waals surface area contributed by atoms with Crippen molar-refractivity contribution < 1.29 is 9.53 Å². The number of likely N-dealkylation sites (tertiary alicyclic amines) is 1. The molecule has 34 heavy (non-hydrogen) atoms. The number of hydrogen-bond acceptors (Lipinski definition) is 3. The van der Waals surface area contributed by atoms with Gasteiger partial charge in [-0.25, -0.2) is 0 Å². The van der Waals surface area contributed by atoms with Crippen LogP contribution in [0, 0.1) is 25.2 Å². The average molecular weight is 452 g/mol. The Labute approximate surface area is 202 Å². The summed E-state index contributed by atoms with van der Waals surface area (Å²) in [7, 11) is 1.57. The van der Waals surface area contributed by atoms with E-state index in [2.05, 4.69) is 91.5 Å². The van der Waals surface area contributed by atoms with E-state index in [1.807, 2.05) is 0 Å². The maximum absolute atomic E-state index is 13.8. The van der Waals surface area contributed by atoms with Crippen molar-refractivity contribution in [3.8, 4) is 0 Å². The third kappa shape index (κ3) is 2.83. The normalized spacial score (nSPS) is 29.5. The van der Waals surface area contributed by atoms with Gasteiger partial charge >= 0.3 is 5.97 Å². The van der Waals surface area contributed by atoms with Crippen molar-refractivity contribution >= 4 is 5.97 Å². The number of rotatable bonds is 4. The van der Waals surface area contributed by atoms with Gasteiger partial charge in [-0.1, -0.05) is 72.8 Å². The Kier molecular flexibility index (Phi) is 4.97. The molecule has 3 aromatic rings. The van der Waals surface area contributed by atoms with Crippen LogP contribution in [0.15, 0.2) is 72.8 Å². The smallest absolute Gasteiger partial charge is 0.314 e. The van der Waals surface area contributed by atoms with Crippen LogP contribution in [0.4, 0.5) is 0 Å². The molecule has 0 amide bonds. The largest absolute Gasteiger partial charge is 0.469 e. The fraction of sp³-hybridized carbons (Fsp3) is 0.387. The highest BCUT2D eigenvalue weighted by Crippen LogP contribution is 2.69. The summed E-state index contributed by atoms with van der Waals surface area (Å²) in [5.74, 6) is 0.364. The Morgan fingerprint density at radius 3 is 2.53 bits per heavy atom. The molecule has 3 aromatic carbocycles. The van der Waals surface area contributed by atoms with Gasteiger partial charge in [-0.05, 0) is 60.1 Å². The van der Waals surface area contributed by atoms with Crippen LogP contribution in [0.3, 0.4) is 0 Å². The quantitative estimate of drug-likeness (QED) is 0.472. The van der Waals surface area contributed by atoms with Crippen LogP contribution in [0.2, 0.25) is 0 Å². The topological polar surface area (TPSA) is 29.5 Å². The maximum atomic E-state index is 13.8. The number of hydrogen-bond donors (Lipinski definition) is 0. The zero-order chi connectivity index (χ0) is 23.5. The number of fused-ring (bicyclic) bond motifs is 1. The number of methoxy groups -OCH3 is 1. The van der Waals surface area contributed by atoms with Crippen molar-refractivity contribution in [1.82, 2.24) is 4.90 Å². The number of carbonyl (C=O) groups is 1. The highest BCUT2D eigenvalue weighted by molar-refractivity contribution is 5.82. The first-order valence-electron chi connectivity index (χ1n) is 12.5. The summed E-state index contributed by atoms with van der Waals surface area (Å²) in [4.78, 5) is 16.3. The number of benzene rings is 3. The molecule has 2 fully saturated rings. The van der Waals surface area contributed by atoms with Crippen molar-refractivity contribution in [2.75, 3.05) is 20.2 Å². The van der Waals surface area contributed by atoms with Crippen LogP contribution < -0.4 is 0 Å². The highest BCUT2D eigenvalue weighted by Gasteiger charge is 2.70. The Morgan fingerprint density at radius 2 is 1.76 bits per heavy atom. The van der Waals surface area contributed by atoms with Crippen LogP contribution in [0.25, 0.3) is 0 Å². The zero-order valence-corrected chi connectivity index (χ0v) is 20.4.